The van der Waals surface area contributed by atoms with Gasteiger partial charge in [-0.1, -0.05) is 60.7 Å². The first-order valence-electron chi connectivity index (χ1n) is 10.3. The number of esters is 1. The molecule has 0 atom stereocenters. The van der Waals surface area contributed by atoms with Gasteiger partial charge in [0.15, 0.2) is 0 Å². The zero-order valence-corrected chi connectivity index (χ0v) is 18.7. The van der Waals surface area contributed by atoms with Crippen LogP contribution >= 0.6 is 0 Å². The Morgan fingerprint density at radius 3 is 1.91 bits per heavy atom. The van der Waals surface area contributed by atoms with E-state index in [4.69, 9.17) is 14.2 Å². The topological polar surface area (TPSA) is 94.2 Å². The molecule has 0 aliphatic rings. The Kier molecular flexibility index (Phi) is 9.53. The molecule has 0 aromatic heterocycles. The molecule has 0 saturated heterocycles. The minimum atomic E-state index is -0.684. The van der Waals surface area contributed by atoms with Crippen molar-refractivity contribution in [1.29, 1.82) is 0 Å². The molecule has 8 nitrogen and oxygen atoms in total. The summed E-state index contributed by atoms with van der Waals surface area (Å²) in [4.78, 5) is 37.9. The second-order valence-electron chi connectivity index (χ2n) is 8.04. The average molecular weight is 443 g/mol. The third-order valence-corrected chi connectivity index (χ3v) is 4.08. The summed E-state index contributed by atoms with van der Waals surface area (Å²) >= 11 is 0. The molecule has 1 N–H and O–H groups in total. The SMILES string of the molecule is CC(C)(C)OC(=O)NCCN(CC(=O)OCc1ccccc1)C(=O)OCc1ccccc1. The van der Waals surface area contributed by atoms with E-state index in [1.165, 1.54) is 4.90 Å². The maximum atomic E-state index is 12.6. The predicted octanol–water partition coefficient (Wildman–Crippen LogP) is 3.89. The Morgan fingerprint density at radius 2 is 1.38 bits per heavy atom. The zero-order valence-electron chi connectivity index (χ0n) is 18.7. The van der Waals surface area contributed by atoms with Crippen molar-refractivity contribution in [2.75, 3.05) is 19.6 Å². The predicted molar refractivity (Wildman–Crippen MR) is 119 cm³/mol. The molecule has 2 amide bonds. The highest BCUT2D eigenvalue weighted by molar-refractivity contribution is 5.78. The van der Waals surface area contributed by atoms with Gasteiger partial charge in [0.05, 0.1) is 0 Å². The molecular formula is C24H30N2O6. The third-order valence-electron chi connectivity index (χ3n) is 4.08. The fourth-order valence-corrected chi connectivity index (χ4v) is 2.59. The number of hydrogen-bond donors (Lipinski definition) is 1. The van der Waals surface area contributed by atoms with Crippen LogP contribution in [0.15, 0.2) is 60.7 Å². The van der Waals surface area contributed by atoms with E-state index in [1.54, 1.807) is 20.8 Å². The average Bonchev–Trinajstić information content (AvgIpc) is 2.75. The van der Waals surface area contributed by atoms with Gasteiger partial charge in [0.1, 0.15) is 25.4 Å². The van der Waals surface area contributed by atoms with Crippen LogP contribution in [0.1, 0.15) is 31.9 Å². The number of nitrogens with zero attached hydrogens (tertiary/aromatic N) is 1. The molecule has 0 heterocycles. The minimum absolute atomic E-state index is 0.0489. The Hall–Kier alpha value is -3.55. The van der Waals surface area contributed by atoms with Crippen LogP contribution in [-0.4, -0.2) is 48.3 Å². The van der Waals surface area contributed by atoms with Crippen LogP contribution in [0.3, 0.4) is 0 Å². The fourth-order valence-electron chi connectivity index (χ4n) is 2.59. The van der Waals surface area contributed by atoms with Crippen LogP contribution in [0.2, 0.25) is 0 Å². The van der Waals surface area contributed by atoms with Crippen LogP contribution in [0.4, 0.5) is 9.59 Å². The lowest BCUT2D eigenvalue weighted by Crippen LogP contribution is -2.43. The van der Waals surface area contributed by atoms with E-state index in [0.29, 0.717) is 0 Å². The highest BCUT2D eigenvalue weighted by Crippen LogP contribution is 2.07. The first-order valence-corrected chi connectivity index (χ1v) is 10.3. The molecule has 0 fully saturated rings. The van der Waals surface area contributed by atoms with E-state index in [1.807, 2.05) is 60.7 Å². The van der Waals surface area contributed by atoms with Crippen molar-refractivity contribution in [2.45, 2.75) is 39.6 Å². The first kappa shape index (κ1) is 24.7. The number of carbonyl (C=O) groups is 3. The van der Waals surface area contributed by atoms with Gasteiger partial charge >= 0.3 is 18.2 Å². The lowest BCUT2D eigenvalue weighted by molar-refractivity contribution is -0.145. The lowest BCUT2D eigenvalue weighted by Gasteiger charge is -2.23. The summed E-state index contributed by atoms with van der Waals surface area (Å²) in [6, 6.07) is 18.4. The summed E-state index contributed by atoms with van der Waals surface area (Å²) in [5, 5.41) is 2.57. The number of ether oxygens (including phenoxy) is 3. The quantitative estimate of drug-likeness (QED) is 0.468. The van der Waals surface area contributed by atoms with Gasteiger partial charge in [0.2, 0.25) is 0 Å². The van der Waals surface area contributed by atoms with Crippen LogP contribution in [0, 0.1) is 0 Å². The number of amides is 2. The summed E-state index contributed by atoms with van der Waals surface area (Å²) in [6.07, 6.45) is -1.29. The molecule has 172 valence electrons. The molecule has 0 saturated carbocycles. The fraction of sp³-hybridized carbons (Fsp3) is 0.375. The van der Waals surface area contributed by atoms with Gasteiger partial charge in [-0.3, -0.25) is 9.69 Å². The lowest BCUT2D eigenvalue weighted by atomic mass is 10.2. The molecule has 2 rings (SSSR count). The molecule has 32 heavy (non-hydrogen) atoms. The van der Waals surface area contributed by atoms with E-state index in [2.05, 4.69) is 5.32 Å². The Balaban J connectivity index is 1.90. The number of carbonyl (C=O) groups excluding carboxylic acids is 3. The third kappa shape index (κ3) is 9.97. The maximum Gasteiger partial charge on any atom is 0.410 e. The summed E-state index contributed by atoms with van der Waals surface area (Å²) in [5.41, 5.74) is 1.02. The van der Waals surface area contributed by atoms with E-state index >= 15 is 0 Å². The number of rotatable bonds is 9. The van der Waals surface area contributed by atoms with Crippen LogP contribution < -0.4 is 5.32 Å². The van der Waals surface area contributed by atoms with Gasteiger partial charge in [0, 0.05) is 13.1 Å². The molecule has 0 aliphatic heterocycles. The summed E-state index contributed by atoms with van der Waals surface area (Å²) in [5.74, 6) is -0.581. The van der Waals surface area contributed by atoms with Crippen molar-refractivity contribution in [1.82, 2.24) is 10.2 Å². The smallest absolute Gasteiger partial charge is 0.410 e. The number of hydrogen-bond acceptors (Lipinski definition) is 6. The van der Waals surface area contributed by atoms with Gasteiger partial charge in [-0.15, -0.1) is 0 Å². The molecule has 2 aromatic carbocycles. The maximum absolute atomic E-state index is 12.6. The van der Waals surface area contributed by atoms with Crippen molar-refractivity contribution in [2.24, 2.45) is 0 Å². The standard InChI is InChI=1S/C24H30N2O6/c1-24(2,3)32-22(28)25-14-15-26(23(29)31-18-20-12-8-5-9-13-20)16-21(27)30-17-19-10-6-4-7-11-19/h4-13H,14-18H2,1-3H3,(H,25,28). The molecule has 0 spiro atoms. The van der Waals surface area contributed by atoms with E-state index in [9.17, 15) is 14.4 Å². The van der Waals surface area contributed by atoms with Crippen molar-refractivity contribution in [3.8, 4) is 0 Å². The van der Waals surface area contributed by atoms with Crippen molar-refractivity contribution in [3.05, 3.63) is 71.8 Å². The van der Waals surface area contributed by atoms with Gasteiger partial charge in [-0.2, -0.15) is 0 Å². The van der Waals surface area contributed by atoms with Crippen molar-refractivity contribution < 1.29 is 28.6 Å². The van der Waals surface area contributed by atoms with E-state index in [0.717, 1.165) is 11.1 Å². The van der Waals surface area contributed by atoms with Crippen molar-refractivity contribution >= 4 is 18.2 Å². The van der Waals surface area contributed by atoms with Gasteiger partial charge in [-0.25, -0.2) is 9.59 Å². The monoisotopic (exact) mass is 442 g/mol. The second-order valence-corrected chi connectivity index (χ2v) is 8.04. The Labute approximate surface area is 188 Å². The second kappa shape index (κ2) is 12.3. The van der Waals surface area contributed by atoms with Crippen LogP contribution in [0.25, 0.3) is 0 Å². The van der Waals surface area contributed by atoms with E-state index in [-0.39, 0.29) is 32.8 Å². The molecular weight excluding hydrogens is 412 g/mol. The number of alkyl carbamates (subject to hydrolysis) is 1. The minimum Gasteiger partial charge on any atom is -0.459 e. The zero-order chi connectivity index (χ0) is 23.4. The van der Waals surface area contributed by atoms with Crippen molar-refractivity contribution in [3.63, 3.8) is 0 Å². The Bertz CT molecular complexity index is 865. The first-order chi connectivity index (χ1) is 15.2. The highest BCUT2D eigenvalue weighted by Gasteiger charge is 2.21. The molecule has 8 heteroatoms. The summed E-state index contributed by atoms with van der Waals surface area (Å²) < 4.78 is 15.8. The normalized spacial score (nSPS) is 10.7. The largest absolute Gasteiger partial charge is 0.459 e. The molecule has 0 radical (unpaired) electrons. The summed E-state index contributed by atoms with van der Waals surface area (Å²) in [7, 11) is 0. The molecule has 0 unspecified atom stereocenters. The van der Waals surface area contributed by atoms with Gasteiger partial charge < -0.3 is 19.5 Å². The van der Waals surface area contributed by atoms with Crippen LogP contribution in [0.5, 0.6) is 0 Å². The Morgan fingerprint density at radius 1 is 0.844 bits per heavy atom. The molecule has 2 aromatic rings. The summed E-state index contributed by atoms with van der Waals surface area (Å²) in [6.45, 7) is 5.25. The molecule has 0 aliphatic carbocycles. The van der Waals surface area contributed by atoms with Gasteiger partial charge in [0.25, 0.3) is 0 Å². The van der Waals surface area contributed by atoms with Crippen LogP contribution in [-0.2, 0) is 32.2 Å². The van der Waals surface area contributed by atoms with E-state index < -0.39 is 23.8 Å². The molecule has 0 bridgehead atoms. The number of nitrogens with one attached hydrogen (secondary N) is 1. The number of benzene rings is 2. The highest BCUT2D eigenvalue weighted by atomic mass is 16.6. The van der Waals surface area contributed by atoms with Gasteiger partial charge in [-0.05, 0) is 31.9 Å².